The molecule has 0 aromatic carbocycles. The minimum Gasteiger partial charge on any atom is -0.499 e. The van der Waals surface area contributed by atoms with Crippen LogP contribution < -0.4 is 0 Å². The third kappa shape index (κ3) is 1.56. The molecule has 2 aliphatic rings. The lowest BCUT2D eigenvalue weighted by Crippen LogP contribution is -2.22. The SMILES string of the molecule is C=C(OCC)C([SiH3])(C1CC1)C1CC1. The summed E-state index contributed by atoms with van der Waals surface area (Å²) in [4.78, 5) is 0. The molecule has 0 bridgehead atoms. The van der Waals surface area contributed by atoms with Crippen LogP contribution in [0.5, 0.6) is 0 Å². The van der Waals surface area contributed by atoms with Gasteiger partial charge >= 0.3 is 0 Å². The smallest absolute Gasteiger partial charge is 0.0917 e. The molecule has 0 aromatic heterocycles. The Hall–Kier alpha value is -0.243. The van der Waals surface area contributed by atoms with Gasteiger partial charge in [0.15, 0.2) is 0 Å². The first-order valence-electron chi connectivity index (χ1n) is 5.51. The highest BCUT2D eigenvalue weighted by atomic mass is 28.1. The molecular weight excluding hydrogens is 176 g/mol. The first-order chi connectivity index (χ1) is 6.19. The van der Waals surface area contributed by atoms with Gasteiger partial charge in [0.1, 0.15) is 0 Å². The average Bonchev–Trinajstić information content (AvgIpc) is 2.93. The van der Waals surface area contributed by atoms with Crippen LogP contribution in [0.3, 0.4) is 0 Å². The van der Waals surface area contributed by atoms with Crippen LogP contribution in [0.2, 0.25) is 5.04 Å². The molecule has 0 amide bonds. The maximum atomic E-state index is 5.65. The van der Waals surface area contributed by atoms with Crippen LogP contribution in [-0.4, -0.2) is 16.8 Å². The summed E-state index contributed by atoms with van der Waals surface area (Å²) in [5.74, 6) is 2.99. The highest BCUT2D eigenvalue weighted by molar-refractivity contribution is 6.18. The van der Waals surface area contributed by atoms with E-state index in [4.69, 9.17) is 4.74 Å². The van der Waals surface area contributed by atoms with Crippen LogP contribution in [0.15, 0.2) is 12.3 Å². The normalized spacial score (nSPS) is 23.2. The molecule has 74 valence electrons. The molecule has 0 N–H and O–H groups in total. The van der Waals surface area contributed by atoms with E-state index < -0.39 is 0 Å². The predicted octanol–water partition coefficient (Wildman–Crippen LogP) is 1.88. The van der Waals surface area contributed by atoms with Crippen molar-refractivity contribution in [2.45, 2.75) is 37.6 Å². The van der Waals surface area contributed by atoms with Gasteiger partial charge in [-0.1, -0.05) is 6.58 Å². The molecule has 0 atom stereocenters. The van der Waals surface area contributed by atoms with E-state index >= 15 is 0 Å². The van der Waals surface area contributed by atoms with Gasteiger partial charge in [0, 0.05) is 15.3 Å². The largest absolute Gasteiger partial charge is 0.499 e. The van der Waals surface area contributed by atoms with Crippen molar-refractivity contribution in [1.82, 2.24) is 0 Å². The lowest BCUT2D eigenvalue weighted by Gasteiger charge is -2.31. The van der Waals surface area contributed by atoms with Gasteiger partial charge in [-0.05, 0) is 44.4 Å². The minimum absolute atomic E-state index is 0.454. The Morgan fingerprint density at radius 1 is 1.38 bits per heavy atom. The molecule has 0 heterocycles. The molecular formula is C11H20OSi. The molecule has 0 saturated heterocycles. The monoisotopic (exact) mass is 196 g/mol. The average molecular weight is 196 g/mol. The summed E-state index contributed by atoms with van der Waals surface area (Å²) in [5.41, 5.74) is 0. The van der Waals surface area contributed by atoms with Crippen molar-refractivity contribution in [3.8, 4) is 0 Å². The van der Waals surface area contributed by atoms with Crippen molar-refractivity contribution in [3.63, 3.8) is 0 Å². The Labute approximate surface area is 84.0 Å². The van der Waals surface area contributed by atoms with E-state index in [0.717, 1.165) is 24.2 Å². The van der Waals surface area contributed by atoms with Gasteiger partial charge in [-0.25, -0.2) is 0 Å². The first-order valence-corrected chi connectivity index (χ1v) is 6.51. The molecule has 0 radical (unpaired) electrons. The fourth-order valence-electron chi connectivity index (χ4n) is 2.48. The third-order valence-electron chi connectivity index (χ3n) is 3.77. The minimum atomic E-state index is 0.454. The molecule has 2 saturated carbocycles. The lowest BCUT2D eigenvalue weighted by molar-refractivity contribution is 0.182. The van der Waals surface area contributed by atoms with Gasteiger partial charge in [-0.3, -0.25) is 0 Å². The first kappa shape index (κ1) is 9.32. The van der Waals surface area contributed by atoms with Gasteiger partial charge in [0.05, 0.1) is 12.4 Å². The Morgan fingerprint density at radius 2 is 1.85 bits per heavy atom. The van der Waals surface area contributed by atoms with Crippen LogP contribution in [0.1, 0.15) is 32.6 Å². The fraction of sp³-hybridized carbons (Fsp3) is 0.818. The Balaban J connectivity index is 2.07. The summed E-state index contributed by atoms with van der Waals surface area (Å²) in [7, 11) is 1.24. The van der Waals surface area contributed by atoms with E-state index in [1.165, 1.54) is 35.9 Å². The topological polar surface area (TPSA) is 9.23 Å². The molecule has 0 unspecified atom stereocenters. The van der Waals surface area contributed by atoms with Gasteiger partial charge in [0.2, 0.25) is 0 Å². The molecule has 2 fully saturated rings. The van der Waals surface area contributed by atoms with E-state index in [1.54, 1.807) is 0 Å². The van der Waals surface area contributed by atoms with Gasteiger partial charge in [-0.2, -0.15) is 0 Å². The second-order valence-electron chi connectivity index (χ2n) is 4.69. The summed E-state index contributed by atoms with van der Waals surface area (Å²) >= 11 is 0. The number of hydrogen-bond donors (Lipinski definition) is 0. The summed E-state index contributed by atoms with van der Waals surface area (Å²) in [6.45, 7) is 7.01. The standard InChI is InChI=1S/C11H20OSi/c1-3-12-8(2)11(13,9-4-5-9)10-6-7-10/h9-10H,2-7H2,1,13H3. The quantitative estimate of drug-likeness (QED) is 0.482. The summed E-state index contributed by atoms with van der Waals surface area (Å²) < 4.78 is 5.65. The molecule has 13 heavy (non-hydrogen) atoms. The maximum absolute atomic E-state index is 5.65. The second-order valence-corrected chi connectivity index (χ2v) is 6.34. The summed E-state index contributed by atoms with van der Waals surface area (Å²) in [6.07, 6.45) is 5.69. The number of ether oxygens (including phenoxy) is 1. The number of rotatable bonds is 5. The van der Waals surface area contributed by atoms with Crippen LogP contribution in [0.4, 0.5) is 0 Å². The second kappa shape index (κ2) is 3.16. The van der Waals surface area contributed by atoms with Crippen LogP contribution >= 0.6 is 0 Å². The molecule has 1 nitrogen and oxygen atoms in total. The highest BCUT2D eigenvalue weighted by Gasteiger charge is 2.53. The van der Waals surface area contributed by atoms with E-state index in [0.29, 0.717) is 5.04 Å². The zero-order valence-corrected chi connectivity index (χ0v) is 10.8. The Bertz CT molecular complexity index is 204. The summed E-state index contributed by atoms with van der Waals surface area (Å²) in [5, 5.41) is 0.454. The van der Waals surface area contributed by atoms with E-state index in [1.807, 2.05) is 0 Å². The van der Waals surface area contributed by atoms with Crippen molar-refractivity contribution in [3.05, 3.63) is 12.3 Å². The molecule has 0 aromatic rings. The van der Waals surface area contributed by atoms with E-state index in [9.17, 15) is 0 Å². The van der Waals surface area contributed by atoms with Crippen molar-refractivity contribution < 1.29 is 4.74 Å². The van der Waals surface area contributed by atoms with Crippen molar-refractivity contribution in [2.24, 2.45) is 11.8 Å². The lowest BCUT2D eigenvalue weighted by atomic mass is 9.94. The maximum Gasteiger partial charge on any atom is 0.0917 e. The Kier molecular flexibility index (Phi) is 2.26. The molecule has 2 rings (SSSR count). The van der Waals surface area contributed by atoms with Crippen LogP contribution in [-0.2, 0) is 4.74 Å². The Morgan fingerprint density at radius 3 is 2.15 bits per heavy atom. The predicted molar refractivity (Wildman–Crippen MR) is 58.8 cm³/mol. The van der Waals surface area contributed by atoms with Gasteiger partial charge in [0.25, 0.3) is 0 Å². The van der Waals surface area contributed by atoms with E-state index in [-0.39, 0.29) is 0 Å². The summed E-state index contributed by atoms with van der Waals surface area (Å²) in [6, 6.07) is 0. The van der Waals surface area contributed by atoms with Gasteiger partial charge in [-0.15, -0.1) is 0 Å². The van der Waals surface area contributed by atoms with E-state index in [2.05, 4.69) is 13.5 Å². The molecule has 2 aliphatic carbocycles. The third-order valence-corrected chi connectivity index (χ3v) is 5.96. The zero-order chi connectivity index (χ0) is 9.47. The van der Waals surface area contributed by atoms with Crippen molar-refractivity contribution >= 4 is 10.2 Å². The number of hydrogen-bond acceptors (Lipinski definition) is 1. The van der Waals surface area contributed by atoms with Crippen LogP contribution in [0.25, 0.3) is 0 Å². The van der Waals surface area contributed by atoms with Crippen LogP contribution in [0, 0.1) is 11.8 Å². The van der Waals surface area contributed by atoms with Crippen molar-refractivity contribution in [2.75, 3.05) is 6.61 Å². The highest BCUT2D eigenvalue weighted by Crippen LogP contribution is 2.64. The number of allylic oxidation sites excluding steroid dienone is 1. The molecule has 2 heteroatoms. The van der Waals surface area contributed by atoms with Gasteiger partial charge < -0.3 is 4.74 Å². The fourth-order valence-corrected chi connectivity index (χ4v) is 3.78. The molecule has 0 aliphatic heterocycles. The zero-order valence-electron chi connectivity index (χ0n) is 8.81. The molecule has 0 spiro atoms. The van der Waals surface area contributed by atoms with Crippen molar-refractivity contribution in [1.29, 1.82) is 0 Å².